The molecule has 0 amide bonds. The molecule has 1 aliphatic heterocycles. The van der Waals surface area contributed by atoms with E-state index in [4.69, 9.17) is 11.6 Å². The maximum Gasteiger partial charge on any atom is 0.0791 e. The molecule has 42 valence electrons. The van der Waals surface area contributed by atoms with Crippen LogP contribution < -0.4 is 0 Å². The summed E-state index contributed by atoms with van der Waals surface area (Å²) in [6.45, 7) is 1.98. The van der Waals surface area contributed by atoms with Crippen molar-refractivity contribution in [3.8, 4) is 0 Å². The SMILES string of the molecule is CC1=C=CC=C(Cl)S1. The number of thioether (sulfide) groups is 1. The molecule has 1 heterocycles. The first-order valence-corrected chi connectivity index (χ1v) is 3.45. The fourth-order valence-electron chi connectivity index (χ4n) is 0.434. The highest BCUT2D eigenvalue weighted by atomic mass is 35.5. The molecular weight excluding hydrogens is 140 g/mol. The first-order valence-electron chi connectivity index (χ1n) is 2.26. The Hall–Kier alpha value is -0.100. The Bertz CT molecular complexity index is 185. The van der Waals surface area contributed by atoms with Gasteiger partial charge in [0.1, 0.15) is 0 Å². The van der Waals surface area contributed by atoms with Gasteiger partial charge in [-0.25, -0.2) is 0 Å². The van der Waals surface area contributed by atoms with Gasteiger partial charge in [-0.2, -0.15) is 0 Å². The second kappa shape index (κ2) is 2.45. The predicted molar refractivity (Wildman–Crippen MR) is 38.8 cm³/mol. The number of hydrogen-bond acceptors (Lipinski definition) is 1. The quantitative estimate of drug-likeness (QED) is 0.471. The number of rotatable bonds is 0. The minimum Gasteiger partial charge on any atom is -0.110 e. The predicted octanol–water partition coefficient (Wildman–Crippen LogP) is 2.87. The molecule has 1 rings (SSSR count). The van der Waals surface area contributed by atoms with Crippen LogP contribution in [-0.4, -0.2) is 0 Å². The molecule has 0 N–H and O–H groups in total. The van der Waals surface area contributed by atoms with Crippen molar-refractivity contribution in [3.05, 3.63) is 27.2 Å². The lowest BCUT2D eigenvalue weighted by atomic mass is 10.5. The van der Waals surface area contributed by atoms with Gasteiger partial charge < -0.3 is 0 Å². The zero-order chi connectivity index (χ0) is 5.98. The number of allylic oxidation sites excluding steroid dienone is 2. The van der Waals surface area contributed by atoms with Crippen LogP contribution in [0.4, 0.5) is 0 Å². The van der Waals surface area contributed by atoms with Gasteiger partial charge in [0.05, 0.1) is 4.36 Å². The number of hydrogen-bond donors (Lipinski definition) is 0. The smallest absolute Gasteiger partial charge is 0.0791 e. The van der Waals surface area contributed by atoms with E-state index in [1.807, 2.05) is 19.1 Å². The molecule has 0 aromatic carbocycles. The largest absolute Gasteiger partial charge is 0.110 e. The van der Waals surface area contributed by atoms with Crippen molar-refractivity contribution in [1.82, 2.24) is 0 Å². The summed E-state index contributed by atoms with van der Waals surface area (Å²) in [5.74, 6) is 0. The van der Waals surface area contributed by atoms with E-state index in [2.05, 4.69) is 5.73 Å². The lowest BCUT2D eigenvalue weighted by Gasteiger charge is -1.96. The summed E-state index contributed by atoms with van der Waals surface area (Å²) in [5.41, 5.74) is 3.01. The van der Waals surface area contributed by atoms with Crippen LogP contribution in [0.2, 0.25) is 0 Å². The van der Waals surface area contributed by atoms with Crippen LogP contribution in [0.1, 0.15) is 6.92 Å². The van der Waals surface area contributed by atoms with E-state index in [1.54, 1.807) is 11.8 Å². The molecule has 0 aliphatic carbocycles. The highest BCUT2D eigenvalue weighted by Gasteiger charge is 1.95. The zero-order valence-electron chi connectivity index (χ0n) is 4.44. The van der Waals surface area contributed by atoms with Gasteiger partial charge in [-0.05, 0) is 19.1 Å². The fraction of sp³-hybridized carbons (Fsp3) is 0.167. The molecule has 0 radical (unpaired) electrons. The second-order valence-corrected chi connectivity index (χ2v) is 3.33. The molecular formula is C6H5ClS. The van der Waals surface area contributed by atoms with Gasteiger partial charge in [-0.1, -0.05) is 23.4 Å². The minimum atomic E-state index is 0.821. The summed E-state index contributed by atoms with van der Waals surface area (Å²) in [7, 11) is 0. The summed E-state index contributed by atoms with van der Waals surface area (Å²) >= 11 is 7.19. The van der Waals surface area contributed by atoms with Gasteiger partial charge in [0.15, 0.2) is 0 Å². The summed E-state index contributed by atoms with van der Waals surface area (Å²) in [6.07, 6.45) is 3.66. The van der Waals surface area contributed by atoms with Gasteiger partial charge in [0, 0.05) is 4.91 Å². The molecule has 2 heteroatoms. The fourth-order valence-corrected chi connectivity index (χ4v) is 1.40. The van der Waals surface area contributed by atoms with E-state index in [-0.39, 0.29) is 0 Å². The van der Waals surface area contributed by atoms with Crippen LogP contribution in [0.5, 0.6) is 0 Å². The molecule has 0 nitrogen and oxygen atoms in total. The highest BCUT2D eigenvalue weighted by Crippen LogP contribution is 2.29. The molecule has 1 aliphatic rings. The number of halogens is 1. The van der Waals surface area contributed by atoms with Crippen LogP contribution in [0.3, 0.4) is 0 Å². The maximum absolute atomic E-state index is 5.64. The van der Waals surface area contributed by atoms with Crippen molar-refractivity contribution in [2.24, 2.45) is 0 Å². The van der Waals surface area contributed by atoms with E-state index in [9.17, 15) is 0 Å². The average Bonchev–Trinajstić information content (AvgIpc) is 1.64. The molecule has 0 aromatic heterocycles. The van der Waals surface area contributed by atoms with Gasteiger partial charge in [0.2, 0.25) is 0 Å². The summed E-state index contributed by atoms with van der Waals surface area (Å²) < 4.78 is 0.821. The first kappa shape index (κ1) is 6.03. The highest BCUT2D eigenvalue weighted by molar-refractivity contribution is 8.08. The van der Waals surface area contributed by atoms with Crippen molar-refractivity contribution >= 4 is 23.4 Å². The van der Waals surface area contributed by atoms with Crippen LogP contribution in [0, 0.1) is 0 Å². The van der Waals surface area contributed by atoms with Gasteiger partial charge in [-0.15, -0.1) is 5.73 Å². The van der Waals surface area contributed by atoms with Crippen LogP contribution in [-0.2, 0) is 0 Å². The molecule has 0 fully saturated rings. The summed E-state index contributed by atoms with van der Waals surface area (Å²) in [6, 6.07) is 0. The Labute approximate surface area is 57.9 Å². The Morgan fingerprint density at radius 1 is 1.75 bits per heavy atom. The monoisotopic (exact) mass is 144 g/mol. The topological polar surface area (TPSA) is 0 Å². The van der Waals surface area contributed by atoms with E-state index < -0.39 is 0 Å². The Balaban J connectivity index is 2.83. The molecule has 0 aromatic rings. The van der Waals surface area contributed by atoms with Crippen molar-refractivity contribution in [3.63, 3.8) is 0 Å². The van der Waals surface area contributed by atoms with E-state index in [0.717, 1.165) is 9.27 Å². The molecule has 0 bridgehead atoms. The lowest BCUT2D eigenvalue weighted by Crippen LogP contribution is -1.68. The zero-order valence-corrected chi connectivity index (χ0v) is 6.01. The van der Waals surface area contributed by atoms with Crippen LogP contribution >= 0.6 is 23.4 Å². The van der Waals surface area contributed by atoms with Crippen molar-refractivity contribution in [2.45, 2.75) is 6.92 Å². The van der Waals surface area contributed by atoms with E-state index >= 15 is 0 Å². The molecule has 0 saturated carbocycles. The van der Waals surface area contributed by atoms with Crippen molar-refractivity contribution in [2.75, 3.05) is 0 Å². The third kappa shape index (κ3) is 1.45. The summed E-state index contributed by atoms with van der Waals surface area (Å²) in [4.78, 5) is 1.12. The molecule has 8 heavy (non-hydrogen) atoms. The third-order valence-corrected chi connectivity index (χ3v) is 1.86. The van der Waals surface area contributed by atoms with Crippen molar-refractivity contribution in [1.29, 1.82) is 0 Å². The molecule has 0 unspecified atom stereocenters. The maximum atomic E-state index is 5.64. The average molecular weight is 145 g/mol. The molecule has 0 saturated heterocycles. The molecule has 0 spiro atoms. The van der Waals surface area contributed by atoms with Gasteiger partial charge in [-0.3, -0.25) is 0 Å². The van der Waals surface area contributed by atoms with Crippen LogP contribution in [0.15, 0.2) is 27.2 Å². The third-order valence-electron chi connectivity index (χ3n) is 0.752. The standard InChI is InChI=1S/C6H5ClS/c1-5-3-2-4-6(7)8-5/h2,4H,1H3. The Morgan fingerprint density at radius 3 is 2.88 bits per heavy atom. The first-order chi connectivity index (χ1) is 3.79. The summed E-state index contributed by atoms with van der Waals surface area (Å²) in [5, 5.41) is 0. The Morgan fingerprint density at radius 2 is 2.50 bits per heavy atom. The van der Waals surface area contributed by atoms with Gasteiger partial charge >= 0.3 is 0 Å². The lowest BCUT2D eigenvalue weighted by molar-refractivity contribution is 1.69. The van der Waals surface area contributed by atoms with E-state index in [1.165, 1.54) is 0 Å². The Kier molecular flexibility index (Phi) is 1.85. The normalized spacial score (nSPS) is 17.8. The second-order valence-electron chi connectivity index (χ2n) is 1.44. The minimum absolute atomic E-state index is 0.821. The van der Waals surface area contributed by atoms with E-state index in [0.29, 0.717) is 0 Å². The molecule has 0 atom stereocenters. The van der Waals surface area contributed by atoms with Crippen LogP contribution in [0.25, 0.3) is 0 Å². The van der Waals surface area contributed by atoms with Crippen molar-refractivity contribution < 1.29 is 0 Å². The van der Waals surface area contributed by atoms with Gasteiger partial charge in [0.25, 0.3) is 0 Å².